The van der Waals surface area contributed by atoms with Crippen LogP contribution >= 0.6 is 11.6 Å². The number of carbonyl (C=O) groups excluding carboxylic acids is 3. The van der Waals surface area contributed by atoms with Crippen molar-refractivity contribution >= 4 is 34.8 Å². The number of ether oxygens (including phenoxy) is 1. The quantitative estimate of drug-likeness (QED) is 0.448. The Labute approximate surface area is 214 Å². The van der Waals surface area contributed by atoms with Crippen molar-refractivity contribution < 1.29 is 34.4 Å². The van der Waals surface area contributed by atoms with Gasteiger partial charge < -0.3 is 25.4 Å². The summed E-state index contributed by atoms with van der Waals surface area (Å²) in [4.78, 5) is 42.1. The Balaban J connectivity index is 1.95. The van der Waals surface area contributed by atoms with Crippen LogP contribution in [0.2, 0.25) is 5.02 Å². The summed E-state index contributed by atoms with van der Waals surface area (Å²) in [6.45, 7) is 5.11. The lowest BCUT2D eigenvalue weighted by Crippen LogP contribution is -2.66. The molecule has 3 aliphatic carbocycles. The summed E-state index contributed by atoms with van der Waals surface area (Å²) in [6, 6.07) is 2.14. The normalized spacial score (nSPS) is 28.1. The SMILES string of the molecule is COc1ccc(Cl)c2c1C(O)=C1C(=O)C3(O)C(O)=C(C(=O)NC(C)(C)C)C(=O)C(N(C)C)C3CC1C2. The van der Waals surface area contributed by atoms with Gasteiger partial charge >= 0.3 is 0 Å². The molecule has 1 fully saturated rings. The van der Waals surface area contributed by atoms with Gasteiger partial charge in [0.2, 0.25) is 5.78 Å². The zero-order valence-electron chi connectivity index (χ0n) is 21.1. The molecule has 1 saturated carbocycles. The topological polar surface area (TPSA) is 136 Å². The Kier molecular flexibility index (Phi) is 6.26. The number of hydrogen-bond donors (Lipinski definition) is 4. The molecule has 1 aromatic carbocycles. The van der Waals surface area contributed by atoms with Crippen LogP contribution in [0, 0.1) is 11.8 Å². The number of Topliss-reactive ketones (excluding diaryl/α,β-unsaturated/α-hetero) is 2. The third kappa shape index (κ3) is 3.72. The van der Waals surface area contributed by atoms with E-state index in [1.54, 1.807) is 47.0 Å². The molecule has 1 aromatic rings. The first-order valence-corrected chi connectivity index (χ1v) is 12.1. The number of amides is 1. The van der Waals surface area contributed by atoms with Crippen LogP contribution in [0.15, 0.2) is 29.0 Å². The first-order chi connectivity index (χ1) is 16.6. The molecule has 0 saturated heterocycles. The Hall–Kier alpha value is -2.88. The van der Waals surface area contributed by atoms with Crippen molar-refractivity contribution in [3.05, 3.63) is 45.2 Å². The summed E-state index contributed by atoms with van der Waals surface area (Å²) >= 11 is 6.42. The summed E-state index contributed by atoms with van der Waals surface area (Å²) < 4.78 is 5.37. The number of hydrogen-bond acceptors (Lipinski definition) is 8. The largest absolute Gasteiger partial charge is 0.508 e. The van der Waals surface area contributed by atoms with Crippen LogP contribution in [0.5, 0.6) is 5.75 Å². The van der Waals surface area contributed by atoms with E-state index in [4.69, 9.17) is 16.3 Å². The molecule has 10 heteroatoms. The number of nitrogens with one attached hydrogen (secondary N) is 1. The van der Waals surface area contributed by atoms with Crippen LogP contribution in [-0.4, -0.2) is 76.1 Å². The lowest BCUT2D eigenvalue weighted by atomic mass is 9.57. The number of halogens is 1. The molecule has 1 amide bonds. The number of benzene rings is 1. The molecule has 9 nitrogen and oxygen atoms in total. The van der Waals surface area contributed by atoms with Crippen LogP contribution < -0.4 is 10.1 Å². The third-order valence-corrected chi connectivity index (χ3v) is 7.57. The maximum Gasteiger partial charge on any atom is 0.258 e. The lowest BCUT2D eigenvalue weighted by molar-refractivity contribution is -0.153. The number of carbonyl (C=O) groups is 3. The fraction of sp³-hybridized carbons (Fsp3) is 0.500. The number of aliphatic hydroxyl groups excluding tert-OH is 2. The van der Waals surface area contributed by atoms with Gasteiger partial charge in [0, 0.05) is 22.1 Å². The molecule has 0 spiro atoms. The predicted octanol–water partition coefficient (Wildman–Crippen LogP) is 2.35. The molecule has 36 heavy (non-hydrogen) atoms. The number of aliphatic hydroxyl groups is 3. The summed E-state index contributed by atoms with van der Waals surface area (Å²) in [5, 5.41) is 37.3. The molecular weight excluding hydrogens is 488 g/mol. The van der Waals surface area contributed by atoms with Gasteiger partial charge in [-0.25, -0.2) is 0 Å². The van der Waals surface area contributed by atoms with Gasteiger partial charge in [0.25, 0.3) is 5.91 Å². The van der Waals surface area contributed by atoms with Gasteiger partial charge in [-0.05, 0) is 71.3 Å². The minimum Gasteiger partial charge on any atom is -0.508 e. The lowest BCUT2D eigenvalue weighted by Gasteiger charge is -2.50. The highest BCUT2D eigenvalue weighted by Crippen LogP contribution is 2.53. The van der Waals surface area contributed by atoms with E-state index in [-0.39, 0.29) is 24.0 Å². The Morgan fingerprint density at radius 2 is 1.86 bits per heavy atom. The molecule has 4 N–H and O–H groups in total. The van der Waals surface area contributed by atoms with E-state index < -0.39 is 63.6 Å². The van der Waals surface area contributed by atoms with E-state index in [9.17, 15) is 29.7 Å². The van der Waals surface area contributed by atoms with Gasteiger partial charge in [-0.15, -0.1) is 0 Å². The van der Waals surface area contributed by atoms with Crippen LogP contribution in [0.1, 0.15) is 38.3 Å². The smallest absolute Gasteiger partial charge is 0.258 e. The second-order valence-corrected chi connectivity index (χ2v) is 11.3. The Morgan fingerprint density at radius 3 is 2.42 bits per heavy atom. The monoisotopic (exact) mass is 518 g/mol. The van der Waals surface area contributed by atoms with Gasteiger partial charge in [0.05, 0.1) is 18.7 Å². The van der Waals surface area contributed by atoms with Crippen LogP contribution in [0.25, 0.3) is 5.76 Å². The minimum absolute atomic E-state index is 0.0848. The van der Waals surface area contributed by atoms with E-state index in [0.717, 1.165) is 0 Å². The van der Waals surface area contributed by atoms with Crippen molar-refractivity contribution in [2.45, 2.75) is 50.8 Å². The van der Waals surface area contributed by atoms with Crippen LogP contribution in [0.4, 0.5) is 0 Å². The van der Waals surface area contributed by atoms with Crippen molar-refractivity contribution in [3.8, 4) is 5.75 Å². The van der Waals surface area contributed by atoms with E-state index in [1.165, 1.54) is 12.0 Å². The standard InChI is InChI=1S/C26H31ClN2O7/c1-25(2,3)28-24(34)18-21(31)19(29(4)5)13-10-11-9-12-14(27)7-8-15(36-6)17(12)20(30)16(11)22(32)26(13,35)23(18)33/h7-8,11,13,19,30,33,35H,9-10H2,1-6H3,(H,28,34). The van der Waals surface area contributed by atoms with Crippen molar-refractivity contribution in [1.29, 1.82) is 0 Å². The summed E-state index contributed by atoms with van der Waals surface area (Å²) in [6.07, 6.45) is 0.348. The van der Waals surface area contributed by atoms with E-state index in [2.05, 4.69) is 5.32 Å². The number of methoxy groups -OCH3 is 1. The van der Waals surface area contributed by atoms with Crippen molar-refractivity contribution in [2.75, 3.05) is 21.2 Å². The molecular formula is C26H31ClN2O7. The highest BCUT2D eigenvalue weighted by atomic mass is 35.5. The summed E-state index contributed by atoms with van der Waals surface area (Å²) in [5.74, 6) is -5.26. The number of fused-ring (bicyclic) bond motifs is 3. The first-order valence-electron chi connectivity index (χ1n) is 11.7. The van der Waals surface area contributed by atoms with Crippen LogP contribution in [0.3, 0.4) is 0 Å². The molecule has 0 aromatic heterocycles. The van der Waals surface area contributed by atoms with Gasteiger partial charge in [-0.3, -0.25) is 19.3 Å². The first kappa shape index (κ1) is 26.2. The molecule has 0 aliphatic heterocycles. The second kappa shape index (κ2) is 8.61. The van der Waals surface area contributed by atoms with Crippen LogP contribution in [-0.2, 0) is 20.8 Å². The zero-order valence-corrected chi connectivity index (χ0v) is 21.9. The molecule has 0 heterocycles. The van der Waals surface area contributed by atoms with E-state index in [0.29, 0.717) is 16.3 Å². The maximum atomic E-state index is 14.0. The highest BCUT2D eigenvalue weighted by Gasteiger charge is 2.64. The van der Waals surface area contributed by atoms with Gasteiger partial charge in [-0.2, -0.15) is 0 Å². The average molecular weight is 519 g/mol. The molecule has 4 atom stereocenters. The number of rotatable bonds is 3. The molecule has 4 rings (SSSR count). The predicted molar refractivity (Wildman–Crippen MR) is 133 cm³/mol. The van der Waals surface area contributed by atoms with E-state index >= 15 is 0 Å². The van der Waals surface area contributed by atoms with Gasteiger partial charge in [-0.1, -0.05) is 11.6 Å². The Morgan fingerprint density at radius 1 is 1.22 bits per heavy atom. The van der Waals surface area contributed by atoms with Crippen molar-refractivity contribution in [3.63, 3.8) is 0 Å². The molecule has 4 unspecified atom stereocenters. The zero-order chi connectivity index (χ0) is 26.9. The van der Waals surface area contributed by atoms with Crippen molar-refractivity contribution in [2.24, 2.45) is 11.8 Å². The summed E-state index contributed by atoms with van der Waals surface area (Å²) in [7, 11) is 4.63. The fourth-order valence-electron chi connectivity index (χ4n) is 5.75. The van der Waals surface area contributed by atoms with E-state index in [1.807, 2.05) is 0 Å². The van der Waals surface area contributed by atoms with Crippen molar-refractivity contribution in [1.82, 2.24) is 10.2 Å². The number of likely N-dealkylation sites (N-methyl/N-ethyl adjacent to an activating group) is 1. The Bertz CT molecular complexity index is 1240. The molecule has 0 bridgehead atoms. The highest BCUT2D eigenvalue weighted by molar-refractivity contribution is 6.32. The average Bonchev–Trinajstić information content (AvgIpc) is 2.75. The maximum absolute atomic E-state index is 14.0. The summed E-state index contributed by atoms with van der Waals surface area (Å²) in [5.41, 5.74) is -3.24. The number of ketones is 2. The molecule has 0 radical (unpaired) electrons. The molecule has 3 aliphatic rings. The fourth-order valence-corrected chi connectivity index (χ4v) is 5.98. The molecule has 194 valence electrons. The van der Waals surface area contributed by atoms with Gasteiger partial charge in [0.15, 0.2) is 11.4 Å². The van der Waals surface area contributed by atoms with Gasteiger partial charge in [0.1, 0.15) is 22.8 Å². The second-order valence-electron chi connectivity index (χ2n) is 10.9. The third-order valence-electron chi connectivity index (χ3n) is 7.22. The number of nitrogens with zero attached hydrogens (tertiary/aromatic N) is 1. The minimum atomic E-state index is -2.59.